The molecule has 0 radical (unpaired) electrons. The standard InChI is InChI=1S/C14H22N2S/c1-16(9-10-17-2)8-7-12-11-15-14-6-4-3-5-13(12)14/h3-6,12,15H,7-11H2,1-2H3. The SMILES string of the molecule is CSCCN(C)CCC1CNc2ccccc21. The average molecular weight is 250 g/mol. The van der Waals surface area contributed by atoms with Gasteiger partial charge in [-0.3, -0.25) is 0 Å². The second kappa shape index (κ2) is 6.31. The largest absolute Gasteiger partial charge is 0.384 e. The number of benzene rings is 1. The molecular weight excluding hydrogens is 228 g/mol. The summed E-state index contributed by atoms with van der Waals surface area (Å²) in [6, 6.07) is 8.71. The highest BCUT2D eigenvalue weighted by atomic mass is 32.2. The Balaban J connectivity index is 1.81. The van der Waals surface area contributed by atoms with Gasteiger partial charge in [0, 0.05) is 30.4 Å². The maximum Gasteiger partial charge on any atom is 0.0376 e. The third kappa shape index (κ3) is 3.39. The molecule has 1 unspecified atom stereocenters. The van der Waals surface area contributed by atoms with E-state index in [9.17, 15) is 0 Å². The first-order valence-corrected chi connectivity index (χ1v) is 7.71. The molecule has 1 aromatic rings. The summed E-state index contributed by atoms with van der Waals surface area (Å²) in [4.78, 5) is 2.44. The number of nitrogens with one attached hydrogen (secondary N) is 1. The lowest BCUT2D eigenvalue weighted by atomic mass is 9.98. The zero-order valence-corrected chi connectivity index (χ0v) is 11.6. The van der Waals surface area contributed by atoms with Crippen LogP contribution in [-0.4, -0.2) is 43.6 Å². The average Bonchev–Trinajstić information content (AvgIpc) is 2.77. The first kappa shape index (κ1) is 12.8. The van der Waals surface area contributed by atoms with Gasteiger partial charge in [-0.1, -0.05) is 18.2 Å². The predicted octanol–water partition coefficient (Wildman–Crippen LogP) is 2.88. The fourth-order valence-corrected chi connectivity index (χ4v) is 2.84. The molecule has 0 aliphatic carbocycles. The van der Waals surface area contributed by atoms with Gasteiger partial charge < -0.3 is 10.2 Å². The number of nitrogens with zero attached hydrogens (tertiary/aromatic N) is 1. The van der Waals surface area contributed by atoms with Gasteiger partial charge in [-0.25, -0.2) is 0 Å². The number of hydrogen-bond donors (Lipinski definition) is 1. The summed E-state index contributed by atoms with van der Waals surface area (Å²) < 4.78 is 0. The molecule has 2 nitrogen and oxygen atoms in total. The summed E-state index contributed by atoms with van der Waals surface area (Å²) in [5, 5.41) is 3.49. The number of rotatable bonds is 6. The van der Waals surface area contributed by atoms with E-state index in [-0.39, 0.29) is 0 Å². The van der Waals surface area contributed by atoms with Crippen molar-refractivity contribution < 1.29 is 0 Å². The summed E-state index contributed by atoms with van der Waals surface area (Å²) in [5.41, 5.74) is 2.84. The molecule has 0 spiro atoms. The van der Waals surface area contributed by atoms with Crippen LogP contribution in [0.15, 0.2) is 24.3 Å². The molecule has 2 rings (SSSR count). The third-order valence-corrected chi connectivity index (χ3v) is 4.07. The van der Waals surface area contributed by atoms with E-state index in [1.54, 1.807) is 0 Å². The van der Waals surface area contributed by atoms with Crippen molar-refractivity contribution in [3.8, 4) is 0 Å². The van der Waals surface area contributed by atoms with E-state index in [1.165, 1.54) is 36.5 Å². The van der Waals surface area contributed by atoms with Crippen molar-refractivity contribution in [2.75, 3.05) is 44.0 Å². The summed E-state index contributed by atoms with van der Waals surface area (Å²) in [7, 11) is 2.23. The van der Waals surface area contributed by atoms with Gasteiger partial charge in [-0.15, -0.1) is 0 Å². The molecule has 1 aliphatic rings. The van der Waals surface area contributed by atoms with Crippen molar-refractivity contribution in [1.29, 1.82) is 0 Å². The number of anilines is 1. The second-order valence-corrected chi connectivity index (χ2v) is 5.74. The molecule has 1 N–H and O–H groups in total. The smallest absolute Gasteiger partial charge is 0.0376 e. The second-order valence-electron chi connectivity index (χ2n) is 4.75. The minimum atomic E-state index is 0.697. The van der Waals surface area contributed by atoms with Gasteiger partial charge in [-0.05, 0) is 37.9 Å². The highest BCUT2D eigenvalue weighted by Crippen LogP contribution is 2.33. The summed E-state index contributed by atoms with van der Waals surface area (Å²) >= 11 is 1.92. The maximum absolute atomic E-state index is 3.49. The summed E-state index contributed by atoms with van der Waals surface area (Å²) in [6.07, 6.45) is 3.43. The fraction of sp³-hybridized carbons (Fsp3) is 0.571. The van der Waals surface area contributed by atoms with E-state index in [1.807, 2.05) is 11.8 Å². The van der Waals surface area contributed by atoms with Gasteiger partial charge in [0.05, 0.1) is 0 Å². The molecule has 0 amide bonds. The van der Waals surface area contributed by atoms with Crippen LogP contribution < -0.4 is 5.32 Å². The van der Waals surface area contributed by atoms with Crippen LogP contribution in [-0.2, 0) is 0 Å². The van der Waals surface area contributed by atoms with E-state index in [0.29, 0.717) is 5.92 Å². The van der Waals surface area contributed by atoms with E-state index in [4.69, 9.17) is 0 Å². The van der Waals surface area contributed by atoms with E-state index >= 15 is 0 Å². The van der Waals surface area contributed by atoms with Crippen molar-refractivity contribution >= 4 is 17.4 Å². The van der Waals surface area contributed by atoms with Crippen LogP contribution in [0.4, 0.5) is 5.69 Å². The molecule has 94 valence electrons. The van der Waals surface area contributed by atoms with Gasteiger partial charge >= 0.3 is 0 Å². The van der Waals surface area contributed by atoms with E-state index < -0.39 is 0 Å². The number of fused-ring (bicyclic) bond motifs is 1. The van der Waals surface area contributed by atoms with Crippen molar-refractivity contribution in [2.24, 2.45) is 0 Å². The van der Waals surface area contributed by atoms with Gasteiger partial charge in [0.1, 0.15) is 0 Å². The Morgan fingerprint density at radius 1 is 1.35 bits per heavy atom. The van der Waals surface area contributed by atoms with Crippen LogP contribution in [0.1, 0.15) is 17.9 Å². The molecule has 1 aliphatic heterocycles. The van der Waals surface area contributed by atoms with E-state index in [2.05, 4.69) is 47.8 Å². The van der Waals surface area contributed by atoms with Gasteiger partial charge in [0.15, 0.2) is 0 Å². The normalized spacial score (nSPS) is 18.2. The maximum atomic E-state index is 3.49. The molecule has 1 aromatic carbocycles. The zero-order chi connectivity index (χ0) is 12.1. The quantitative estimate of drug-likeness (QED) is 0.836. The Hall–Kier alpha value is -0.670. The summed E-state index contributed by atoms with van der Waals surface area (Å²) in [5.74, 6) is 1.93. The lowest BCUT2D eigenvalue weighted by Crippen LogP contribution is -2.24. The lowest BCUT2D eigenvalue weighted by Gasteiger charge is -2.18. The minimum Gasteiger partial charge on any atom is -0.384 e. The number of thioether (sulfide) groups is 1. The minimum absolute atomic E-state index is 0.697. The van der Waals surface area contributed by atoms with Crippen LogP contribution >= 0.6 is 11.8 Å². The van der Waals surface area contributed by atoms with Gasteiger partial charge in [-0.2, -0.15) is 11.8 Å². The molecule has 1 heterocycles. The topological polar surface area (TPSA) is 15.3 Å². The Morgan fingerprint density at radius 2 is 2.18 bits per heavy atom. The number of hydrogen-bond acceptors (Lipinski definition) is 3. The third-order valence-electron chi connectivity index (χ3n) is 3.48. The Morgan fingerprint density at radius 3 is 3.00 bits per heavy atom. The molecule has 0 saturated carbocycles. The van der Waals surface area contributed by atoms with Crippen LogP contribution in [0.2, 0.25) is 0 Å². The molecule has 3 heteroatoms. The Kier molecular flexibility index (Phi) is 4.75. The first-order valence-electron chi connectivity index (χ1n) is 6.31. The van der Waals surface area contributed by atoms with Gasteiger partial charge in [0.2, 0.25) is 0 Å². The van der Waals surface area contributed by atoms with E-state index in [0.717, 1.165) is 6.54 Å². The van der Waals surface area contributed by atoms with Crippen LogP contribution in [0.3, 0.4) is 0 Å². The van der Waals surface area contributed by atoms with Crippen molar-refractivity contribution in [3.63, 3.8) is 0 Å². The van der Waals surface area contributed by atoms with Crippen LogP contribution in [0, 0.1) is 0 Å². The molecule has 0 fully saturated rings. The molecule has 0 aromatic heterocycles. The van der Waals surface area contributed by atoms with Crippen molar-refractivity contribution in [2.45, 2.75) is 12.3 Å². The summed E-state index contributed by atoms with van der Waals surface area (Å²) in [6.45, 7) is 3.50. The van der Waals surface area contributed by atoms with Crippen LogP contribution in [0.25, 0.3) is 0 Å². The molecule has 0 saturated heterocycles. The van der Waals surface area contributed by atoms with Crippen molar-refractivity contribution in [1.82, 2.24) is 4.90 Å². The first-order chi connectivity index (χ1) is 8.31. The molecule has 1 atom stereocenters. The lowest BCUT2D eigenvalue weighted by molar-refractivity contribution is 0.340. The molecule has 0 bridgehead atoms. The molecular formula is C14H22N2S. The fourth-order valence-electron chi connectivity index (χ4n) is 2.35. The highest BCUT2D eigenvalue weighted by Gasteiger charge is 2.21. The number of para-hydroxylation sites is 1. The van der Waals surface area contributed by atoms with Crippen molar-refractivity contribution in [3.05, 3.63) is 29.8 Å². The van der Waals surface area contributed by atoms with Gasteiger partial charge in [0.25, 0.3) is 0 Å². The highest BCUT2D eigenvalue weighted by molar-refractivity contribution is 7.98. The zero-order valence-electron chi connectivity index (χ0n) is 10.8. The van der Waals surface area contributed by atoms with Crippen LogP contribution in [0.5, 0.6) is 0 Å². The Bertz CT molecular complexity index is 354. The predicted molar refractivity (Wildman–Crippen MR) is 78.2 cm³/mol. The Labute approximate surface area is 109 Å². The molecule has 17 heavy (non-hydrogen) atoms. The monoisotopic (exact) mass is 250 g/mol.